The van der Waals surface area contributed by atoms with Crippen LogP contribution in [0.5, 0.6) is 5.75 Å². The number of benzene rings is 1. The van der Waals surface area contributed by atoms with Crippen LogP contribution in [-0.2, 0) is 9.59 Å². The molecule has 0 fully saturated rings. The van der Waals surface area contributed by atoms with Gasteiger partial charge >= 0.3 is 5.97 Å². The lowest BCUT2D eigenvalue weighted by Crippen LogP contribution is -2.34. The van der Waals surface area contributed by atoms with Crippen LogP contribution in [0.2, 0.25) is 0 Å². The fraction of sp³-hybridized carbons (Fsp3) is 0.333. The van der Waals surface area contributed by atoms with Crippen molar-refractivity contribution in [1.82, 2.24) is 4.90 Å². The minimum Gasteiger partial charge on any atom is -0.494 e. The highest BCUT2D eigenvalue weighted by Gasteiger charge is 2.27. The molecule has 1 unspecified atom stereocenters. The maximum Gasteiger partial charge on any atom is 0.331 e. The second kappa shape index (κ2) is 5.48. The zero-order valence-electron chi connectivity index (χ0n) is 10.3. The first-order chi connectivity index (χ1) is 8.38. The van der Waals surface area contributed by atoms with Crippen LogP contribution in [0, 0.1) is 5.82 Å². The smallest absolute Gasteiger partial charge is 0.331 e. The third-order valence-corrected chi connectivity index (χ3v) is 2.61. The number of ether oxygens (including phenoxy) is 1. The maximum atomic E-state index is 13.5. The molecule has 0 aliphatic rings. The van der Waals surface area contributed by atoms with Crippen LogP contribution < -0.4 is 4.74 Å². The Morgan fingerprint density at radius 1 is 1.44 bits per heavy atom. The number of rotatable bonds is 4. The number of halogens is 1. The number of methoxy groups -OCH3 is 1. The van der Waals surface area contributed by atoms with Crippen LogP contribution >= 0.6 is 0 Å². The van der Waals surface area contributed by atoms with Gasteiger partial charge in [-0.25, -0.2) is 9.18 Å². The fourth-order valence-corrected chi connectivity index (χ4v) is 1.57. The molecular weight excluding hydrogens is 241 g/mol. The maximum absolute atomic E-state index is 13.5. The molecule has 1 rings (SSSR count). The van der Waals surface area contributed by atoms with Gasteiger partial charge in [-0.2, -0.15) is 0 Å². The summed E-state index contributed by atoms with van der Waals surface area (Å²) in [6.07, 6.45) is 0. The average Bonchev–Trinajstić information content (AvgIpc) is 2.28. The van der Waals surface area contributed by atoms with E-state index in [-0.39, 0.29) is 11.3 Å². The number of nitrogens with zero attached hydrogens (tertiary/aromatic N) is 1. The van der Waals surface area contributed by atoms with Gasteiger partial charge in [0.05, 0.1) is 7.11 Å². The van der Waals surface area contributed by atoms with Gasteiger partial charge in [-0.15, -0.1) is 0 Å². The third kappa shape index (κ3) is 2.77. The second-order valence-corrected chi connectivity index (χ2v) is 3.76. The molecule has 0 saturated carbocycles. The number of hydrogen-bond donors (Lipinski definition) is 1. The first-order valence-electron chi connectivity index (χ1n) is 5.18. The van der Waals surface area contributed by atoms with E-state index in [1.54, 1.807) is 0 Å². The molecule has 1 aromatic rings. The van der Waals surface area contributed by atoms with E-state index in [4.69, 9.17) is 9.84 Å². The predicted octanol–water partition coefficient (Wildman–Crippen LogP) is 1.44. The van der Waals surface area contributed by atoms with Gasteiger partial charge in [-0.3, -0.25) is 4.79 Å². The number of carbonyl (C=O) groups excluding carboxylic acids is 1. The van der Waals surface area contributed by atoms with Crippen molar-refractivity contribution in [1.29, 1.82) is 0 Å². The number of carboxylic acid groups (broad SMARTS) is 1. The molecular formula is C12H14FNO4. The molecule has 0 spiro atoms. The summed E-state index contributed by atoms with van der Waals surface area (Å²) in [4.78, 5) is 23.4. The van der Waals surface area contributed by atoms with Crippen LogP contribution in [0.4, 0.5) is 4.39 Å². The zero-order valence-corrected chi connectivity index (χ0v) is 10.3. The number of carbonyl (C=O) groups is 2. The van der Waals surface area contributed by atoms with Crippen LogP contribution in [0.15, 0.2) is 18.2 Å². The van der Waals surface area contributed by atoms with Gasteiger partial charge in [0.1, 0.15) is 0 Å². The number of carboxylic acids is 1. The molecule has 0 radical (unpaired) electrons. The van der Waals surface area contributed by atoms with E-state index < -0.39 is 23.7 Å². The molecule has 0 aliphatic carbocycles. The van der Waals surface area contributed by atoms with Gasteiger partial charge < -0.3 is 14.7 Å². The summed E-state index contributed by atoms with van der Waals surface area (Å²) in [5, 5.41) is 9.12. The lowest BCUT2D eigenvalue weighted by atomic mass is 10.1. The van der Waals surface area contributed by atoms with Crippen molar-refractivity contribution in [3.05, 3.63) is 29.6 Å². The molecule has 1 N–H and O–H groups in total. The van der Waals surface area contributed by atoms with Crippen LogP contribution in [0.1, 0.15) is 18.5 Å². The van der Waals surface area contributed by atoms with Crippen molar-refractivity contribution >= 4 is 11.9 Å². The Labute approximate surface area is 104 Å². The summed E-state index contributed by atoms with van der Waals surface area (Å²) < 4.78 is 18.3. The predicted molar refractivity (Wildman–Crippen MR) is 61.8 cm³/mol. The summed E-state index contributed by atoms with van der Waals surface area (Å²) in [5.41, 5.74) is 0.179. The van der Waals surface area contributed by atoms with Crippen molar-refractivity contribution in [3.63, 3.8) is 0 Å². The first kappa shape index (κ1) is 14.0. The van der Waals surface area contributed by atoms with Crippen molar-refractivity contribution in [3.8, 4) is 5.75 Å². The molecule has 0 aliphatic heterocycles. The molecule has 98 valence electrons. The Morgan fingerprint density at radius 3 is 2.44 bits per heavy atom. The molecule has 1 atom stereocenters. The highest BCUT2D eigenvalue weighted by molar-refractivity contribution is 5.83. The molecule has 0 aromatic heterocycles. The van der Waals surface area contributed by atoms with Gasteiger partial charge in [0.15, 0.2) is 17.6 Å². The van der Waals surface area contributed by atoms with Gasteiger partial charge in [0.25, 0.3) is 0 Å². The van der Waals surface area contributed by atoms with Gasteiger partial charge in [0.2, 0.25) is 5.91 Å². The van der Waals surface area contributed by atoms with E-state index in [9.17, 15) is 14.0 Å². The van der Waals surface area contributed by atoms with Crippen LogP contribution in [0.25, 0.3) is 0 Å². The molecule has 5 nitrogen and oxygen atoms in total. The highest BCUT2D eigenvalue weighted by atomic mass is 19.1. The van der Waals surface area contributed by atoms with Crippen LogP contribution in [-0.4, -0.2) is 36.0 Å². The van der Waals surface area contributed by atoms with Gasteiger partial charge in [-0.1, -0.05) is 6.07 Å². The summed E-state index contributed by atoms with van der Waals surface area (Å²) in [6.45, 7) is 1.25. The van der Waals surface area contributed by atoms with E-state index in [1.807, 2.05) is 0 Å². The Hall–Kier alpha value is -2.11. The summed E-state index contributed by atoms with van der Waals surface area (Å²) in [6, 6.07) is 2.58. The average molecular weight is 255 g/mol. The van der Waals surface area contributed by atoms with E-state index in [0.29, 0.717) is 0 Å². The van der Waals surface area contributed by atoms with E-state index in [0.717, 1.165) is 11.0 Å². The topological polar surface area (TPSA) is 66.8 Å². The van der Waals surface area contributed by atoms with Crippen molar-refractivity contribution in [2.75, 3.05) is 14.2 Å². The zero-order chi connectivity index (χ0) is 13.9. The van der Waals surface area contributed by atoms with Gasteiger partial charge in [0, 0.05) is 14.0 Å². The summed E-state index contributed by atoms with van der Waals surface area (Å²) >= 11 is 0. The summed E-state index contributed by atoms with van der Waals surface area (Å²) in [7, 11) is 2.66. The minimum atomic E-state index is -1.22. The Kier molecular flexibility index (Phi) is 4.25. The molecule has 1 aromatic carbocycles. The molecule has 0 saturated heterocycles. The van der Waals surface area contributed by atoms with Crippen molar-refractivity contribution in [2.45, 2.75) is 13.0 Å². The Bertz CT molecular complexity index is 475. The van der Waals surface area contributed by atoms with Crippen molar-refractivity contribution in [2.24, 2.45) is 0 Å². The molecule has 0 heterocycles. The monoisotopic (exact) mass is 255 g/mol. The largest absolute Gasteiger partial charge is 0.494 e. The Balaban J connectivity index is 3.19. The minimum absolute atomic E-state index is 0.0216. The summed E-state index contributed by atoms with van der Waals surface area (Å²) in [5.74, 6) is -2.29. The fourth-order valence-electron chi connectivity index (χ4n) is 1.57. The molecule has 0 bridgehead atoms. The second-order valence-electron chi connectivity index (χ2n) is 3.76. The number of amides is 1. The van der Waals surface area contributed by atoms with Crippen LogP contribution in [0.3, 0.4) is 0 Å². The lowest BCUT2D eigenvalue weighted by molar-refractivity contribution is -0.148. The number of hydrogen-bond acceptors (Lipinski definition) is 3. The molecule has 18 heavy (non-hydrogen) atoms. The molecule has 1 amide bonds. The van der Waals surface area contributed by atoms with Gasteiger partial charge in [-0.05, 0) is 17.7 Å². The van der Waals surface area contributed by atoms with E-state index in [2.05, 4.69) is 0 Å². The Morgan fingerprint density at radius 2 is 2.06 bits per heavy atom. The standard InChI is InChI=1S/C12H14FNO4/c1-7(15)14(2)11(12(16)17)8-4-5-10(18-3)9(13)6-8/h4-6,11H,1-3H3,(H,16,17). The number of likely N-dealkylation sites (N-methyl/N-ethyl adjacent to an activating group) is 1. The first-order valence-corrected chi connectivity index (χ1v) is 5.18. The quantitative estimate of drug-likeness (QED) is 0.884. The normalized spacial score (nSPS) is 11.8. The van der Waals surface area contributed by atoms with E-state index in [1.165, 1.54) is 33.2 Å². The van der Waals surface area contributed by atoms with E-state index >= 15 is 0 Å². The lowest BCUT2D eigenvalue weighted by Gasteiger charge is -2.24. The third-order valence-electron chi connectivity index (χ3n) is 2.61. The SMILES string of the molecule is COc1ccc(C(C(=O)O)N(C)C(C)=O)cc1F. The highest BCUT2D eigenvalue weighted by Crippen LogP contribution is 2.25. The molecule has 6 heteroatoms. The van der Waals surface area contributed by atoms with Crippen molar-refractivity contribution < 1.29 is 23.8 Å². The number of aliphatic carboxylic acids is 1.